The second-order valence-electron chi connectivity index (χ2n) is 7.81. The second kappa shape index (κ2) is 8.46. The van der Waals surface area contributed by atoms with Crippen LogP contribution in [0.5, 0.6) is 11.5 Å². The summed E-state index contributed by atoms with van der Waals surface area (Å²) in [6, 6.07) is 31.9. The van der Waals surface area contributed by atoms with Crippen molar-refractivity contribution in [2.24, 2.45) is 0 Å². The average Bonchev–Trinajstić information content (AvgIpc) is 2.80. The molecule has 0 saturated heterocycles. The van der Waals surface area contributed by atoms with Gasteiger partial charge in [-0.05, 0) is 46.5 Å². The first kappa shape index (κ1) is 19.8. The lowest BCUT2D eigenvalue weighted by Gasteiger charge is -2.18. The molecule has 2 N–H and O–H groups in total. The van der Waals surface area contributed by atoms with Crippen molar-refractivity contribution < 1.29 is 10.2 Å². The maximum absolute atomic E-state index is 10.5. The third-order valence-corrected chi connectivity index (χ3v) is 5.92. The van der Waals surface area contributed by atoms with E-state index < -0.39 is 0 Å². The standard InChI is InChI=1S/C28H26O2/c1-19(21-9-5-3-6-10-21)25-17-23(13-15-27(25)29)24-14-16-28(30)26(18-24)20(2)22-11-7-4-8-12-22/h3-20,29-30H,1-2H3. The highest BCUT2D eigenvalue weighted by Gasteiger charge is 2.16. The summed E-state index contributed by atoms with van der Waals surface area (Å²) in [5.74, 6) is 0.746. The van der Waals surface area contributed by atoms with E-state index in [0.29, 0.717) is 11.5 Å². The van der Waals surface area contributed by atoms with Gasteiger partial charge in [0, 0.05) is 23.0 Å². The Bertz CT molecular complexity index is 1040. The maximum atomic E-state index is 10.5. The van der Waals surface area contributed by atoms with Gasteiger partial charge in [-0.3, -0.25) is 0 Å². The lowest BCUT2D eigenvalue weighted by Crippen LogP contribution is -1.98. The van der Waals surface area contributed by atoms with Crippen molar-refractivity contribution in [1.29, 1.82) is 0 Å². The Morgan fingerprint density at radius 1 is 0.500 bits per heavy atom. The highest BCUT2D eigenvalue weighted by atomic mass is 16.3. The summed E-state index contributed by atoms with van der Waals surface area (Å²) in [5.41, 5.74) is 6.15. The van der Waals surface area contributed by atoms with Crippen molar-refractivity contribution in [3.05, 3.63) is 119 Å². The van der Waals surface area contributed by atoms with Gasteiger partial charge in [-0.25, -0.2) is 0 Å². The molecule has 4 aromatic carbocycles. The highest BCUT2D eigenvalue weighted by molar-refractivity contribution is 5.69. The summed E-state index contributed by atoms with van der Waals surface area (Å²) in [4.78, 5) is 0. The molecule has 150 valence electrons. The van der Waals surface area contributed by atoms with Crippen molar-refractivity contribution in [3.8, 4) is 22.6 Å². The van der Waals surface area contributed by atoms with Gasteiger partial charge in [0.15, 0.2) is 0 Å². The van der Waals surface area contributed by atoms with Gasteiger partial charge < -0.3 is 10.2 Å². The molecular formula is C28H26O2. The predicted octanol–water partition coefficient (Wildman–Crippen LogP) is 7.07. The molecule has 0 spiro atoms. The Morgan fingerprint density at radius 2 is 0.867 bits per heavy atom. The second-order valence-corrected chi connectivity index (χ2v) is 7.81. The third kappa shape index (κ3) is 3.95. The maximum Gasteiger partial charge on any atom is 0.119 e. The zero-order valence-electron chi connectivity index (χ0n) is 17.3. The minimum atomic E-state index is 0.0750. The lowest BCUT2D eigenvalue weighted by atomic mass is 9.88. The van der Waals surface area contributed by atoms with Gasteiger partial charge in [-0.15, -0.1) is 0 Å². The van der Waals surface area contributed by atoms with Crippen LogP contribution in [-0.2, 0) is 0 Å². The first-order valence-electron chi connectivity index (χ1n) is 10.3. The number of benzene rings is 4. The molecule has 2 heteroatoms. The minimum absolute atomic E-state index is 0.0750. The average molecular weight is 395 g/mol. The first-order chi connectivity index (χ1) is 14.5. The fourth-order valence-electron chi connectivity index (χ4n) is 4.00. The Hall–Kier alpha value is -3.52. The van der Waals surface area contributed by atoms with E-state index in [-0.39, 0.29) is 11.8 Å². The van der Waals surface area contributed by atoms with E-state index in [1.165, 1.54) is 0 Å². The molecule has 0 heterocycles. The van der Waals surface area contributed by atoms with Gasteiger partial charge in [-0.2, -0.15) is 0 Å². The molecule has 0 aliphatic carbocycles. The van der Waals surface area contributed by atoms with E-state index in [1.807, 2.05) is 48.5 Å². The van der Waals surface area contributed by atoms with E-state index in [4.69, 9.17) is 0 Å². The summed E-state index contributed by atoms with van der Waals surface area (Å²) in [6.45, 7) is 4.21. The van der Waals surface area contributed by atoms with Crippen LogP contribution in [0.1, 0.15) is 47.9 Å². The number of hydrogen-bond donors (Lipinski definition) is 2. The van der Waals surface area contributed by atoms with Crippen LogP contribution in [0.25, 0.3) is 11.1 Å². The van der Waals surface area contributed by atoms with Gasteiger partial charge in [-0.1, -0.05) is 86.6 Å². The Balaban J connectivity index is 1.73. The molecule has 4 rings (SSSR count). The predicted molar refractivity (Wildman–Crippen MR) is 123 cm³/mol. The Labute approximate surface area is 178 Å². The normalized spacial score (nSPS) is 13.0. The number of phenols is 2. The molecule has 30 heavy (non-hydrogen) atoms. The minimum Gasteiger partial charge on any atom is -0.508 e. The largest absolute Gasteiger partial charge is 0.508 e. The molecule has 2 nitrogen and oxygen atoms in total. The topological polar surface area (TPSA) is 40.5 Å². The van der Waals surface area contributed by atoms with Crippen molar-refractivity contribution >= 4 is 0 Å². The van der Waals surface area contributed by atoms with Crippen molar-refractivity contribution in [1.82, 2.24) is 0 Å². The van der Waals surface area contributed by atoms with Gasteiger partial charge in [0.2, 0.25) is 0 Å². The summed E-state index contributed by atoms with van der Waals surface area (Å²) < 4.78 is 0. The van der Waals surface area contributed by atoms with E-state index in [1.54, 1.807) is 12.1 Å². The molecular weight excluding hydrogens is 368 g/mol. The molecule has 0 aliphatic heterocycles. The summed E-state index contributed by atoms with van der Waals surface area (Å²) in [7, 11) is 0. The van der Waals surface area contributed by atoms with Crippen molar-refractivity contribution in [2.45, 2.75) is 25.7 Å². The molecule has 2 unspecified atom stereocenters. The highest BCUT2D eigenvalue weighted by Crippen LogP contribution is 2.37. The molecule has 2 atom stereocenters. The molecule has 0 aromatic heterocycles. The van der Waals surface area contributed by atoms with Crippen LogP contribution in [-0.4, -0.2) is 10.2 Å². The van der Waals surface area contributed by atoms with E-state index >= 15 is 0 Å². The molecule has 0 saturated carbocycles. The Kier molecular flexibility index (Phi) is 5.58. The van der Waals surface area contributed by atoms with Crippen LogP contribution in [0.2, 0.25) is 0 Å². The first-order valence-corrected chi connectivity index (χ1v) is 10.3. The quantitative estimate of drug-likeness (QED) is 0.380. The molecule has 0 bridgehead atoms. The summed E-state index contributed by atoms with van der Waals surface area (Å²) in [6.07, 6.45) is 0. The third-order valence-electron chi connectivity index (χ3n) is 5.92. The van der Waals surface area contributed by atoms with Crippen LogP contribution < -0.4 is 0 Å². The summed E-state index contributed by atoms with van der Waals surface area (Å²) in [5, 5.41) is 21.0. The van der Waals surface area contributed by atoms with E-state index in [2.05, 4.69) is 50.2 Å². The Morgan fingerprint density at radius 3 is 1.23 bits per heavy atom. The smallest absolute Gasteiger partial charge is 0.119 e. The van der Waals surface area contributed by atoms with Crippen LogP contribution in [0.3, 0.4) is 0 Å². The van der Waals surface area contributed by atoms with E-state index in [9.17, 15) is 10.2 Å². The number of phenolic OH excluding ortho intramolecular Hbond substituents is 2. The fourth-order valence-corrected chi connectivity index (χ4v) is 4.00. The lowest BCUT2D eigenvalue weighted by molar-refractivity contribution is 0.465. The molecule has 0 amide bonds. The van der Waals surface area contributed by atoms with Crippen molar-refractivity contribution in [3.63, 3.8) is 0 Å². The van der Waals surface area contributed by atoms with Crippen LogP contribution in [0.15, 0.2) is 97.1 Å². The monoisotopic (exact) mass is 394 g/mol. The van der Waals surface area contributed by atoms with Gasteiger partial charge in [0.05, 0.1) is 0 Å². The number of aromatic hydroxyl groups is 2. The SMILES string of the molecule is CC(c1ccccc1)c1cc(-c2ccc(O)c(C(C)c3ccccc3)c2)ccc1O. The fraction of sp³-hybridized carbons (Fsp3) is 0.143. The van der Waals surface area contributed by atoms with Crippen molar-refractivity contribution in [2.75, 3.05) is 0 Å². The number of rotatable bonds is 5. The molecule has 4 aromatic rings. The van der Waals surface area contributed by atoms with Crippen LogP contribution in [0, 0.1) is 0 Å². The molecule has 0 fully saturated rings. The summed E-state index contributed by atoms with van der Waals surface area (Å²) >= 11 is 0. The van der Waals surface area contributed by atoms with Gasteiger partial charge >= 0.3 is 0 Å². The van der Waals surface area contributed by atoms with E-state index in [0.717, 1.165) is 33.4 Å². The molecule has 0 aliphatic rings. The number of hydrogen-bond acceptors (Lipinski definition) is 2. The molecule has 0 radical (unpaired) electrons. The van der Waals surface area contributed by atoms with Gasteiger partial charge in [0.1, 0.15) is 11.5 Å². The zero-order chi connectivity index (χ0) is 21.1. The van der Waals surface area contributed by atoms with Crippen LogP contribution >= 0.6 is 0 Å². The van der Waals surface area contributed by atoms with Gasteiger partial charge in [0.25, 0.3) is 0 Å². The zero-order valence-corrected chi connectivity index (χ0v) is 17.3. The van der Waals surface area contributed by atoms with Crippen LogP contribution in [0.4, 0.5) is 0 Å².